The van der Waals surface area contributed by atoms with Crippen molar-refractivity contribution in [3.8, 4) is 5.75 Å². The number of ether oxygens (including phenoxy) is 1. The Morgan fingerprint density at radius 3 is 3.00 bits per heavy atom. The Morgan fingerprint density at radius 2 is 2.12 bits per heavy atom. The van der Waals surface area contributed by atoms with Crippen LogP contribution in [-0.2, 0) is 12.8 Å². The molecule has 3 nitrogen and oxygen atoms in total. The number of nitrogens with two attached hydrogens (primary N) is 1. The number of hydrogen-bond acceptors (Lipinski definition) is 2. The van der Waals surface area contributed by atoms with Crippen molar-refractivity contribution in [2.45, 2.75) is 25.7 Å². The molecule has 0 aliphatic heterocycles. The zero-order valence-corrected chi connectivity index (χ0v) is 9.96. The Balaban J connectivity index is 1.99. The lowest BCUT2D eigenvalue weighted by molar-refractivity contribution is 0.329. The number of hydrogen-bond donors (Lipinski definition) is 2. The van der Waals surface area contributed by atoms with Crippen molar-refractivity contribution in [2.24, 2.45) is 5.73 Å². The van der Waals surface area contributed by atoms with Crippen molar-refractivity contribution >= 4 is 10.9 Å². The van der Waals surface area contributed by atoms with E-state index in [-0.39, 0.29) is 0 Å². The van der Waals surface area contributed by atoms with Gasteiger partial charge in [-0.25, -0.2) is 0 Å². The van der Waals surface area contributed by atoms with Crippen LogP contribution in [0.25, 0.3) is 10.9 Å². The highest BCUT2D eigenvalue weighted by atomic mass is 16.5. The summed E-state index contributed by atoms with van der Waals surface area (Å²) < 4.78 is 5.55. The van der Waals surface area contributed by atoms with E-state index in [2.05, 4.69) is 17.1 Å². The number of aryl methyl sites for hydroxylation is 2. The van der Waals surface area contributed by atoms with Gasteiger partial charge in [-0.05, 0) is 43.4 Å². The van der Waals surface area contributed by atoms with Crippen LogP contribution in [0.3, 0.4) is 0 Å². The molecule has 0 amide bonds. The average molecular weight is 230 g/mol. The Labute approximate surface area is 101 Å². The first-order valence-electron chi connectivity index (χ1n) is 6.35. The third-order valence-electron chi connectivity index (χ3n) is 3.46. The molecule has 0 radical (unpaired) electrons. The van der Waals surface area contributed by atoms with Crippen LogP contribution in [0, 0.1) is 0 Å². The van der Waals surface area contributed by atoms with Gasteiger partial charge in [0.2, 0.25) is 0 Å². The van der Waals surface area contributed by atoms with E-state index in [1.165, 1.54) is 47.8 Å². The fraction of sp³-hybridized carbons (Fsp3) is 0.429. The molecule has 0 atom stereocenters. The van der Waals surface area contributed by atoms with Crippen LogP contribution < -0.4 is 10.5 Å². The van der Waals surface area contributed by atoms with Gasteiger partial charge in [0.15, 0.2) is 0 Å². The maximum Gasteiger partial charge on any atom is 0.121 e. The molecule has 3 heteroatoms. The van der Waals surface area contributed by atoms with E-state index >= 15 is 0 Å². The predicted octanol–water partition coefficient (Wildman–Crippen LogP) is 2.38. The molecule has 1 aromatic heterocycles. The van der Waals surface area contributed by atoms with Crippen LogP contribution in [0.4, 0.5) is 0 Å². The van der Waals surface area contributed by atoms with Gasteiger partial charge in [0, 0.05) is 29.2 Å². The molecule has 1 heterocycles. The van der Waals surface area contributed by atoms with Crippen LogP contribution in [0.2, 0.25) is 0 Å². The van der Waals surface area contributed by atoms with Crippen LogP contribution in [-0.4, -0.2) is 18.1 Å². The standard InChI is InChI=1S/C14H18N2O/c15-7-8-17-10-5-6-12-11-3-1-2-4-13(11)16-14(12)9-10/h5-6,9,16H,1-4,7-8,15H2. The molecule has 0 fully saturated rings. The van der Waals surface area contributed by atoms with Crippen molar-refractivity contribution in [3.05, 3.63) is 29.5 Å². The molecule has 17 heavy (non-hydrogen) atoms. The molecule has 1 aliphatic rings. The molecule has 0 saturated heterocycles. The van der Waals surface area contributed by atoms with Gasteiger partial charge in [0.05, 0.1) is 0 Å². The molecule has 0 unspecified atom stereocenters. The Kier molecular flexibility index (Phi) is 2.77. The van der Waals surface area contributed by atoms with E-state index in [1.807, 2.05) is 6.07 Å². The summed E-state index contributed by atoms with van der Waals surface area (Å²) >= 11 is 0. The number of H-pyrrole nitrogens is 1. The lowest BCUT2D eigenvalue weighted by Crippen LogP contribution is -2.10. The first kappa shape index (κ1) is 10.7. The lowest BCUT2D eigenvalue weighted by Gasteiger charge is -2.10. The van der Waals surface area contributed by atoms with Crippen LogP contribution in [0.5, 0.6) is 5.75 Å². The fourth-order valence-corrected chi connectivity index (χ4v) is 2.66. The number of aromatic nitrogens is 1. The highest BCUT2D eigenvalue weighted by Crippen LogP contribution is 2.30. The maximum atomic E-state index is 5.55. The van der Waals surface area contributed by atoms with Crippen molar-refractivity contribution in [1.82, 2.24) is 4.98 Å². The summed E-state index contributed by atoms with van der Waals surface area (Å²) in [5, 5.41) is 1.36. The largest absolute Gasteiger partial charge is 0.492 e. The summed E-state index contributed by atoms with van der Waals surface area (Å²) in [5.41, 5.74) is 9.57. The summed E-state index contributed by atoms with van der Waals surface area (Å²) in [6.07, 6.45) is 5.00. The maximum absolute atomic E-state index is 5.55. The van der Waals surface area contributed by atoms with E-state index in [4.69, 9.17) is 10.5 Å². The molecule has 0 bridgehead atoms. The second-order valence-corrected chi connectivity index (χ2v) is 4.63. The van der Waals surface area contributed by atoms with E-state index in [1.54, 1.807) is 0 Å². The average Bonchev–Trinajstić information content (AvgIpc) is 2.74. The number of rotatable bonds is 3. The predicted molar refractivity (Wildman–Crippen MR) is 69.5 cm³/mol. The monoisotopic (exact) mass is 230 g/mol. The molecular formula is C14H18N2O. The first-order valence-corrected chi connectivity index (χ1v) is 6.35. The highest BCUT2D eigenvalue weighted by molar-refractivity contribution is 5.86. The summed E-state index contributed by atoms with van der Waals surface area (Å²) in [5.74, 6) is 0.904. The van der Waals surface area contributed by atoms with E-state index in [0.717, 1.165) is 5.75 Å². The summed E-state index contributed by atoms with van der Waals surface area (Å²) in [6, 6.07) is 6.30. The normalized spacial score (nSPS) is 14.9. The van der Waals surface area contributed by atoms with Gasteiger partial charge < -0.3 is 15.5 Å². The molecule has 1 aliphatic carbocycles. The quantitative estimate of drug-likeness (QED) is 0.850. The molecule has 90 valence electrons. The van der Waals surface area contributed by atoms with Crippen molar-refractivity contribution in [3.63, 3.8) is 0 Å². The zero-order valence-electron chi connectivity index (χ0n) is 9.96. The summed E-state index contributed by atoms with van der Waals surface area (Å²) in [4.78, 5) is 3.52. The molecule has 0 spiro atoms. The minimum atomic E-state index is 0.555. The van der Waals surface area contributed by atoms with Crippen molar-refractivity contribution < 1.29 is 4.74 Å². The smallest absolute Gasteiger partial charge is 0.121 e. The van der Waals surface area contributed by atoms with Crippen LogP contribution >= 0.6 is 0 Å². The molecule has 3 rings (SSSR count). The molecule has 0 saturated carbocycles. The van der Waals surface area contributed by atoms with Gasteiger partial charge in [0.25, 0.3) is 0 Å². The molecule has 2 aromatic rings. The second-order valence-electron chi connectivity index (χ2n) is 4.63. The minimum Gasteiger partial charge on any atom is -0.492 e. The number of benzene rings is 1. The van der Waals surface area contributed by atoms with Gasteiger partial charge in [0.1, 0.15) is 12.4 Å². The Bertz CT molecular complexity index is 530. The van der Waals surface area contributed by atoms with Crippen molar-refractivity contribution in [1.29, 1.82) is 0 Å². The van der Waals surface area contributed by atoms with Gasteiger partial charge >= 0.3 is 0 Å². The molecular weight excluding hydrogens is 212 g/mol. The third kappa shape index (κ3) is 1.91. The van der Waals surface area contributed by atoms with Gasteiger partial charge in [-0.3, -0.25) is 0 Å². The highest BCUT2D eigenvalue weighted by Gasteiger charge is 2.15. The summed E-state index contributed by atoms with van der Waals surface area (Å²) in [6.45, 7) is 1.13. The zero-order chi connectivity index (χ0) is 11.7. The van der Waals surface area contributed by atoms with Gasteiger partial charge in [-0.15, -0.1) is 0 Å². The lowest BCUT2D eigenvalue weighted by atomic mass is 9.96. The van der Waals surface area contributed by atoms with Crippen LogP contribution in [0.15, 0.2) is 18.2 Å². The van der Waals surface area contributed by atoms with Crippen LogP contribution in [0.1, 0.15) is 24.1 Å². The van der Waals surface area contributed by atoms with E-state index in [9.17, 15) is 0 Å². The number of aromatic amines is 1. The Morgan fingerprint density at radius 1 is 1.24 bits per heavy atom. The van der Waals surface area contributed by atoms with Gasteiger partial charge in [-0.1, -0.05) is 0 Å². The first-order chi connectivity index (χ1) is 8.38. The number of fused-ring (bicyclic) bond motifs is 3. The molecule has 1 aromatic carbocycles. The SMILES string of the molecule is NCCOc1ccc2c3c([nH]c2c1)CCCC3. The number of nitrogens with one attached hydrogen (secondary N) is 1. The second kappa shape index (κ2) is 4.41. The van der Waals surface area contributed by atoms with E-state index in [0.29, 0.717) is 13.2 Å². The topological polar surface area (TPSA) is 51.0 Å². The molecule has 3 N–H and O–H groups in total. The summed E-state index contributed by atoms with van der Waals surface area (Å²) in [7, 11) is 0. The van der Waals surface area contributed by atoms with E-state index < -0.39 is 0 Å². The van der Waals surface area contributed by atoms with Gasteiger partial charge in [-0.2, -0.15) is 0 Å². The minimum absolute atomic E-state index is 0.555. The fourth-order valence-electron chi connectivity index (χ4n) is 2.66. The third-order valence-corrected chi connectivity index (χ3v) is 3.46. The Hall–Kier alpha value is -1.48. The van der Waals surface area contributed by atoms with Crippen molar-refractivity contribution in [2.75, 3.05) is 13.2 Å².